The zero-order valence-corrected chi connectivity index (χ0v) is 18.8. The predicted octanol–water partition coefficient (Wildman–Crippen LogP) is 1.62. The molecule has 2 heterocycles. The topological polar surface area (TPSA) is 115 Å². The Morgan fingerprint density at radius 1 is 1.27 bits per heavy atom. The largest absolute Gasteiger partial charge is 0.495 e. The standard InChI is InChI=1S/C18H24ClN5O5S/c1-10-11(9-20-23(10)2)13-7-15(24(3)30(26,27)22-13)18(25)21-14-8-16(28-4)12(19)6-17(14)29-5/h6,8-9,13,15,22H,7H2,1-5H3,(H,21,25)/t13-,15+/m0/s1. The van der Waals surface area contributed by atoms with Gasteiger partial charge in [0, 0.05) is 37.5 Å². The van der Waals surface area contributed by atoms with Crippen molar-refractivity contribution in [2.75, 3.05) is 26.6 Å². The van der Waals surface area contributed by atoms with Gasteiger partial charge in [-0.2, -0.15) is 22.5 Å². The van der Waals surface area contributed by atoms with E-state index in [1.807, 2.05) is 6.92 Å². The van der Waals surface area contributed by atoms with Crippen LogP contribution >= 0.6 is 11.6 Å². The quantitative estimate of drug-likeness (QED) is 0.705. The van der Waals surface area contributed by atoms with Crippen molar-refractivity contribution in [1.82, 2.24) is 18.8 Å². The lowest BCUT2D eigenvalue weighted by atomic mass is 10.00. The minimum absolute atomic E-state index is 0.223. The van der Waals surface area contributed by atoms with Gasteiger partial charge < -0.3 is 14.8 Å². The van der Waals surface area contributed by atoms with Crippen molar-refractivity contribution >= 4 is 33.4 Å². The fourth-order valence-electron chi connectivity index (χ4n) is 3.34. The maximum absolute atomic E-state index is 13.1. The number of carbonyl (C=O) groups excluding carboxylic acids is 1. The number of nitrogens with one attached hydrogen (secondary N) is 2. The van der Waals surface area contributed by atoms with Gasteiger partial charge in [-0.15, -0.1) is 0 Å². The van der Waals surface area contributed by atoms with Crippen LogP contribution in [0.15, 0.2) is 18.3 Å². The zero-order valence-electron chi connectivity index (χ0n) is 17.3. The van der Waals surface area contributed by atoms with E-state index >= 15 is 0 Å². The molecule has 0 radical (unpaired) electrons. The highest BCUT2D eigenvalue weighted by molar-refractivity contribution is 7.87. The second-order valence-corrected chi connectivity index (χ2v) is 9.10. The average Bonchev–Trinajstić information content (AvgIpc) is 3.03. The van der Waals surface area contributed by atoms with Gasteiger partial charge >= 0.3 is 0 Å². The molecule has 30 heavy (non-hydrogen) atoms. The highest BCUT2D eigenvalue weighted by Gasteiger charge is 2.41. The lowest BCUT2D eigenvalue weighted by Gasteiger charge is -2.36. The van der Waals surface area contributed by atoms with Crippen molar-refractivity contribution in [2.45, 2.75) is 25.4 Å². The van der Waals surface area contributed by atoms with Gasteiger partial charge in [0.05, 0.1) is 37.2 Å². The predicted molar refractivity (Wildman–Crippen MR) is 112 cm³/mol. The number of hydrogen-bond acceptors (Lipinski definition) is 6. The van der Waals surface area contributed by atoms with Crippen LogP contribution in [0.3, 0.4) is 0 Å². The summed E-state index contributed by atoms with van der Waals surface area (Å²) in [7, 11) is 2.14. The van der Waals surface area contributed by atoms with E-state index in [0.29, 0.717) is 22.2 Å². The van der Waals surface area contributed by atoms with Crippen molar-refractivity contribution in [1.29, 1.82) is 0 Å². The number of rotatable bonds is 5. The van der Waals surface area contributed by atoms with Crippen LogP contribution in [0.1, 0.15) is 23.7 Å². The van der Waals surface area contributed by atoms with E-state index in [0.717, 1.165) is 15.6 Å². The summed E-state index contributed by atoms with van der Waals surface area (Å²) in [5.41, 5.74) is 1.86. The molecule has 2 aromatic rings. The molecule has 2 atom stereocenters. The third-order valence-electron chi connectivity index (χ3n) is 5.25. The first-order chi connectivity index (χ1) is 14.1. The van der Waals surface area contributed by atoms with Gasteiger partial charge in [-0.25, -0.2) is 0 Å². The van der Waals surface area contributed by atoms with Crippen molar-refractivity contribution in [3.8, 4) is 11.5 Å². The number of aryl methyl sites for hydroxylation is 1. The van der Waals surface area contributed by atoms with Crippen LogP contribution in [0.5, 0.6) is 11.5 Å². The maximum atomic E-state index is 13.1. The van der Waals surface area contributed by atoms with Gasteiger partial charge in [0.25, 0.3) is 10.2 Å². The molecule has 1 saturated heterocycles. The molecule has 1 aromatic heterocycles. The molecule has 164 valence electrons. The number of likely N-dealkylation sites (N-methyl/N-ethyl adjacent to an activating group) is 1. The van der Waals surface area contributed by atoms with Crippen molar-refractivity contribution in [3.63, 3.8) is 0 Å². The molecule has 1 aliphatic rings. The first-order valence-electron chi connectivity index (χ1n) is 9.05. The fourth-order valence-corrected chi connectivity index (χ4v) is 4.84. The molecule has 1 aliphatic heterocycles. The van der Waals surface area contributed by atoms with Crippen LogP contribution in [-0.2, 0) is 22.1 Å². The molecular formula is C18H24ClN5O5S. The first kappa shape index (κ1) is 22.3. The second kappa shape index (κ2) is 8.42. The summed E-state index contributed by atoms with van der Waals surface area (Å²) in [6.07, 6.45) is 1.83. The van der Waals surface area contributed by atoms with E-state index in [1.165, 1.54) is 33.4 Å². The van der Waals surface area contributed by atoms with E-state index in [-0.39, 0.29) is 6.42 Å². The number of carbonyl (C=O) groups is 1. The molecule has 12 heteroatoms. The number of benzene rings is 1. The SMILES string of the molecule is COc1cc(NC(=O)[C@H]2C[C@@H](c3cnn(C)c3C)NS(=O)(=O)N2C)c(OC)cc1Cl. The summed E-state index contributed by atoms with van der Waals surface area (Å²) in [6, 6.07) is 1.50. The van der Waals surface area contributed by atoms with E-state index < -0.39 is 28.2 Å². The molecule has 1 amide bonds. The number of aromatic nitrogens is 2. The normalized spacial score (nSPS) is 21.3. The van der Waals surface area contributed by atoms with Gasteiger partial charge in [0.2, 0.25) is 5.91 Å². The summed E-state index contributed by atoms with van der Waals surface area (Å²) in [4.78, 5) is 13.1. The molecule has 1 aromatic carbocycles. The summed E-state index contributed by atoms with van der Waals surface area (Å²) in [5, 5.41) is 7.23. The lowest BCUT2D eigenvalue weighted by Crippen LogP contribution is -2.56. The monoisotopic (exact) mass is 457 g/mol. The number of anilines is 1. The number of amides is 1. The number of halogens is 1. The van der Waals surface area contributed by atoms with Crippen LogP contribution in [0.4, 0.5) is 5.69 Å². The first-order valence-corrected chi connectivity index (χ1v) is 10.9. The van der Waals surface area contributed by atoms with Crippen molar-refractivity contribution < 1.29 is 22.7 Å². The molecule has 0 aliphatic carbocycles. The van der Waals surface area contributed by atoms with Crippen molar-refractivity contribution in [3.05, 3.63) is 34.6 Å². The lowest BCUT2D eigenvalue weighted by molar-refractivity contribution is -0.120. The minimum Gasteiger partial charge on any atom is -0.495 e. The Morgan fingerprint density at radius 3 is 2.50 bits per heavy atom. The highest BCUT2D eigenvalue weighted by atomic mass is 35.5. The maximum Gasteiger partial charge on any atom is 0.280 e. The minimum atomic E-state index is -3.88. The number of nitrogens with zero attached hydrogens (tertiary/aromatic N) is 3. The average molecular weight is 458 g/mol. The smallest absolute Gasteiger partial charge is 0.280 e. The van der Waals surface area contributed by atoms with Gasteiger partial charge in [0.15, 0.2) is 0 Å². The molecule has 3 rings (SSSR count). The number of ether oxygens (including phenoxy) is 2. The number of hydrogen-bond donors (Lipinski definition) is 2. The molecule has 1 fully saturated rings. The molecule has 2 N–H and O–H groups in total. The Kier molecular flexibility index (Phi) is 6.27. The van der Waals surface area contributed by atoms with Gasteiger partial charge in [-0.1, -0.05) is 11.6 Å². The highest BCUT2D eigenvalue weighted by Crippen LogP contribution is 2.37. The Morgan fingerprint density at radius 2 is 1.93 bits per heavy atom. The summed E-state index contributed by atoms with van der Waals surface area (Å²) in [5.74, 6) is 0.174. The zero-order chi connectivity index (χ0) is 22.2. The van der Waals surface area contributed by atoms with Crippen LogP contribution < -0.4 is 19.5 Å². The van der Waals surface area contributed by atoms with E-state index in [9.17, 15) is 13.2 Å². The van der Waals surface area contributed by atoms with E-state index in [2.05, 4.69) is 15.1 Å². The van der Waals surface area contributed by atoms with Gasteiger partial charge in [-0.3, -0.25) is 9.48 Å². The molecule has 0 spiro atoms. The second-order valence-electron chi connectivity index (χ2n) is 6.93. The third kappa shape index (κ3) is 4.10. The van der Waals surface area contributed by atoms with Crippen LogP contribution in [0.2, 0.25) is 5.02 Å². The van der Waals surface area contributed by atoms with E-state index in [4.69, 9.17) is 21.1 Å². The Bertz CT molecular complexity index is 1070. The summed E-state index contributed by atoms with van der Waals surface area (Å²) >= 11 is 6.11. The van der Waals surface area contributed by atoms with Crippen LogP contribution in [0, 0.1) is 6.92 Å². The molecular weight excluding hydrogens is 434 g/mol. The molecule has 0 bridgehead atoms. The summed E-state index contributed by atoms with van der Waals surface area (Å²) in [6.45, 7) is 1.84. The summed E-state index contributed by atoms with van der Waals surface area (Å²) < 4.78 is 41.1. The fraction of sp³-hybridized carbons (Fsp3) is 0.444. The molecule has 10 nitrogen and oxygen atoms in total. The Hall–Kier alpha value is -2.34. The van der Waals surface area contributed by atoms with Gasteiger partial charge in [0.1, 0.15) is 17.5 Å². The Labute approximate surface area is 180 Å². The Balaban J connectivity index is 1.91. The van der Waals surface area contributed by atoms with Crippen LogP contribution in [-0.4, -0.2) is 55.7 Å². The molecule has 0 unspecified atom stereocenters. The third-order valence-corrected chi connectivity index (χ3v) is 7.14. The van der Waals surface area contributed by atoms with Gasteiger partial charge in [-0.05, 0) is 13.3 Å². The van der Waals surface area contributed by atoms with Crippen LogP contribution in [0.25, 0.3) is 0 Å². The van der Waals surface area contributed by atoms with Crippen molar-refractivity contribution in [2.24, 2.45) is 7.05 Å². The van der Waals surface area contributed by atoms with E-state index in [1.54, 1.807) is 17.9 Å². The molecule has 0 saturated carbocycles. The number of methoxy groups -OCH3 is 2.